The van der Waals surface area contributed by atoms with Crippen molar-refractivity contribution in [2.24, 2.45) is 0 Å². The number of rotatable bonds is 2. The Balaban J connectivity index is 1.84. The average Bonchev–Trinajstić information content (AvgIpc) is 3.03. The number of hydrogen-bond donors (Lipinski definition) is 1. The molecule has 1 aliphatic heterocycles. The third kappa shape index (κ3) is 1.70. The van der Waals surface area contributed by atoms with E-state index in [2.05, 4.69) is 15.2 Å². The largest absolute Gasteiger partial charge is 0.346 e. The fourth-order valence-corrected chi connectivity index (χ4v) is 1.66. The van der Waals surface area contributed by atoms with Gasteiger partial charge < -0.3 is 9.47 Å². The summed E-state index contributed by atoms with van der Waals surface area (Å²) in [5.74, 6) is 0. The molecule has 0 aromatic carbocycles. The first kappa shape index (κ1) is 9.50. The fourth-order valence-electron chi connectivity index (χ4n) is 1.66. The number of ether oxygens (including phenoxy) is 2. The zero-order chi connectivity index (χ0) is 10.8. The Bertz CT molecular complexity index is 447. The van der Waals surface area contributed by atoms with Crippen LogP contribution in [0.25, 0.3) is 11.3 Å². The van der Waals surface area contributed by atoms with Crippen LogP contribution in [0.4, 0.5) is 0 Å². The number of nitrogens with zero attached hydrogens (tertiary/aromatic N) is 2. The van der Waals surface area contributed by atoms with Crippen molar-refractivity contribution < 1.29 is 9.47 Å². The van der Waals surface area contributed by atoms with Gasteiger partial charge in [-0.3, -0.25) is 10.1 Å². The maximum atomic E-state index is 5.39. The minimum atomic E-state index is -0.258. The van der Waals surface area contributed by atoms with Gasteiger partial charge in [-0.05, 0) is 6.07 Å². The Hall–Kier alpha value is -1.72. The Morgan fingerprint density at radius 2 is 2.06 bits per heavy atom. The van der Waals surface area contributed by atoms with Crippen LogP contribution in [0.3, 0.4) is 0 Å². The van der Waals surface area contributed by atoms with Gasteiger partial charge in [-0.1, -0.05) is 6.07 Å². The predicted molar refractivity (Wildman–Crippen MR) is 56.5 cm³/mol. The highest BCUT2D eigenvalue weighted by Gasteiger charge is 2.18. The minimum absolute atomic E-state index is 0.258. The average molecular weight is 217 g/mol. The van der Waals surface area contributed by atoms with Gasteiger partial charge in [0.05, 0.1) is 25.1 Å². The lowest BCUT2D eigenvalue weighted by Crippen LogP contribution is -1.98. The second kappa shape index (κ2) is 4.03. The maximum Gasteiger partial charge on any atom is 0.185 e. The van der Waals surface area contributed by atoms with E-state index in [1.165, 1.54) is 0 Å². The Labute approximate surface area is 92.4 Å². The Kier molecular flexibility index (Phi) is 2.40. The van der Waals surface area contributed by atoms with Crippen LogP contribution in [0.2, 0.25) is 0 Å². The van der Waals surface area contributed by atoms with E-state index in [-0.39, 0.29) is 6.29 Å². The van der Waals surface area contributed by atoms with Gasteiger partial charge in [0.25, 0.3) is 0 Å². The van der Waals surface area contributed by atoms with Crippen molar-refractivity contribution in [2.45, 2.75) is 6.29 Å². The first-order valence-corrected chi connectivity index (χ1v) is 5.12. The maximum absolute atomic E-state index is 5.39. The normalized spacial score (nSPS) is 16.8. The van der Waals surface area contributed by atoms with Crippen molar-refractivity contribution in [3.05, 3.63) is 36.3 Å². The van der Waals surface area contributed by atoms with Gasteiger partial charge in [0.15, 0.2) is 6.29 Å². The van der Waals surface area contributed by atoms with Crippen LogP contribution in [0.5, 0.6) is 0 Å². The summed E-state index contributed by atoms with van der Waals surface area (Å²) < 4.78 is 10.8. The molecule has 0 saturated carbocycles. The van der Waals surface area contributed by atoms with E-state index in [1.54, 1.807) is 12.4 Å². The van der Waals surface area contributed by atoms with Gasteiger partial charge in [-0.2, -0.15) is 5.10 Å². The molecule has 16 heavy (non-hydrogen) atoms. The molecule has 1 N–H and O–H groups in total. The van der Waals surface area contributed by atoms with Crippen LogP contribution in [0, 0.1) is 0 Å². The molecule has 3 heterocycles. The van der Waals surface area contributed by atoms with Crippen molar-refractivity contribution in [1.82, 2.24) is 15.2 Å². The van der Waals surface area contributed by atoms with Crippen LogP contribution >= 0.6 is 0 Å². The molecule has 2 aromatic rings. The summed E-state index contributed by atoms with van der Waals surface area (Å²) in [6.07, 6.45) is 5.07. The topological polar surface area (TPSA) is 60.0 Å². The van der Waals surface area contributed by atoms with Crippen LogP contribution in [-0.4, -0.2) is 28.4 Å². The molecule has 1 saturated heterocycles. The van der Waals surface area contributed by atoms with E-state index in [0.717, 1.165) is 16.8 Å². The molecule has 0 radical (unpaired) electrons. The summed E-state index contributed by atoms with van der Waals surface area (Å²) in [7, 11) is 0. The van der Waals surface area contributed by atoms with E-state index >= 15 is 0 Å². The van der Waals surface area contributed by atoms with Crippen molar-refractivity contribution in [3.8, 4) is 11.3 Å². The number of H-pyrrole nitrogens is 1. The lowest BCUT2D eigenvalue weighted by Gasteiger charge is -2.08. The van der Waals surface area contributed by atoms with Crippen LogP contribution in [0.15, 0.2) is 30.7 Å². The van der Waals surface area contributed by atoms with Gasteiger partial charge in [0, 0.05) is 23.5 Å². The quantitative estimate of drug-likeness (QED) is 0.828. The molecule has 1 aliphatic rings. The number of aromatic nitrogens is 3. The monoisotopic (exact) mass is 217 g/mol. The van der Waals surface area contributed by atoms with Crippen molar-refractivity contribution in [1.29, 1.82) is 0 Å². The van der Waals surface area contributed by atoms with Gasteiger partial charge in [0.1, 0.15) is 0 Å². The van der Waals surface area contributed by atoms with Crippen LogP contribution in [-0.2, 0) is 9.47 Å². The molecule has 0 spiro atoms. The van der Waals surface area contributed by atoms with E-state index < -0.39 is 0 Å². The van der Waals surface area contributed by atoms with Crippen LogP contribution < -0.4 is 0 Å². The number of nitrogens with one attached hydrogen (secondary N) is 1. The Morgan fingerprint density at radius 1 is 1.19 bits per heavy atom. The molecule has 0 amide bonds. The standard InChI is InChI=1S/C11H11N3O2/c1-2-10(9-6-13-14-7-9)12-5-8(1)11-15-3-4-16-11/h1-2,5-7,11H,3-4H2,(H,13,14). The predicted octanol–water partition coefficient (Wildman–Crippen LogP) is 1.52. The zero-order valence-electron chi connectivity index (χ0n) is 8.59. The van der Waals surface area contributed by atoms with Gasteiger partial charge in [-0.25, -0.2) is 0 Å². The molecule has 82 valence electrons. The summed E-state index contributed by atoms with van der Waals surface area (Å²) >= 11 is 0. The highest BCUT2D eigenvalue weighted by molar-refractivity contribution is 5.56. The van der Waals surface area contributed by atoms with Gasteiger partial charge in [0.2, 0.25) is 0 Å². The lowest BCUT2D eigenvalue weighted by atomic mass is 10.2. The third-order valence-electron chi connectivity index (χ3n) is 2.47. The second-order valence-electron chi connectivity index (χ2n) is 3.54. The van der Waals surface area contributed by atoms with Crippen molar-refractivity contribution in [3.63, 3.8) is 0 Å². The van der Waals surface area contributed by atoms with E-state index in [9.17, 15) is 0 Å². The summed E-state index contributed by atoms with van der Waals surface area (Å²) in [5.41, 5.74) is 2.81. The molecule has 0 atom stereocenters. The highest BCUT2D eigenvalue weighted by Crippen LogP contribution is 2.24. The minimum Gasteiger partial charge on any atom is -0.346 e. The van der Waals surface area contributed by atoms with Gasteiger partial charge in [-0.15, -0.1) is 0 Å². The molecule has 1 fully saturated rings. The molecule has 2 aromatic heterocycles. The molecular formula is C11H11N3O2. The van der Waals surface area contributed by atoms with E-state index in [4.69, 9.17) is 9.47 Å². The van der Waals surface area contributed by atoms with E-state index in [1.807, 2.05) is 18.3 Å². The first-order chi connectivity index (χ1) is 7.93. The molecule has 0 unspecified atom stereocenters. The van der Waals surface area contributed by atoms with Crippen LogP contribution in [0.1, 0.15) is 11.9 Å². The Morgan fingerprint density at radius 3 is 2.69 bits per heavy atom. The van der Waals surface area contributed by atoms with Gasteiger partial charge >= 0.3 is 0 Å². The first-order valence-electron chi connectivity index (χ1n) is 5.12. The van der Waals surface area contributed by atoms with Crippen molar-refractivity contribution >= 4 is 0 Å². The molecule has 5 heteroatoms. The molecule has 0 bridgehead atoms. The molecular weight excluding hydrogens is 206 g/mol. The second-order valence-corrected chi connectivity index (χ2v) is 3.54. The number of pyridine rings is 1. The highest BCUT2D eigenvalue weighted by atomic mass is 16.7. The smallest absolute Gasteiger partial charge is 0.185 e. The lowest BCUT2D eigenvalue weighted by molar-refractivity contribution is -0.0443. The summed E-state index contributed by atoms with van der Waals surface area (Å²) in [6.45, 7) is 1.29. The summed E-state index contributed by atoms with van der Waals surface area (Å²) in [5, 5.41) is 6.64. The fraction of sp³-hybridized carbons (Fsp3) is 0.273. The third-order valence-corrected chi connectivity index (χ3v) is 2.47. The summed E-state index contributed by atoms with van der Waals surface area (Å²) in [6, 6.07) is 3.90. The van der Waals surface area contributed by atoms with E-state index in [0.29, 0.717) is 13.2 Å². The number of hydrogen-bond acceptors (Lipinski definition) is 4. The number of aromatic amines is 1. The zero-order valence-corrected chi connectivity index (χ0v) is 8.59. The molecule has 3 rings (SSSR count). The molecule has 5 nitrogen and oxygen atoms in total. The van der Waals surface area contributed by atoms with Crippen molar-refractivity contribution in [2.75, 3.05) is 13.2 Å². The SMILES string of the molecule is c1n[nH]cc1-c1ccc(C2OCCO2)cn1. The molecule has 0 aliphatic carbocycles. The summed E-state index contributed by atoms with van der Waals surface area (Å²) in [4.78, 5) is 4.35.